The van der Waals surface area contributed by atoms with Gasteiger partial charge in [-0.15, -0.1) is 6.58 Å². The molecule has 1 aliphatic carbocycles. The Morgan fingerprint density at radius 3 is 2.91 bits per heavy atom. The molecule has 1 amide bonds. The Kier molecular flexibility index (Phi) is 3.24. The van der Waals surface area contributed by atoms with Crippen LogP contribution >= 0.6 is 0 Å². The van der Waals surface area contributed by atoms with Gasteiger partial charge in [-0.1, -0.05) is 6.08 Å². The fourth-order valence-corrected chi connectivity index (χ4v) is 2.68. The van der Waals surface area contributed by atoms with Crippen LogP contribution in [0.15, 0.2) is 36.9 Å². The average molecular weight is 302 g/mol. The van der Waals surface area contributed by atoms with Crippen LogP contribution in [-0.2, 0) is 9.53 Å². The third-order valence-corrected chi connectivity index (χ3v) is 4.01. The van der Waals surface area contributed by atoms with Crippen LogP contribution in [0, 0.1) is 11.7 Å². The van der Waals surface area contributed by atoms with Gasteiger partial charge in [0.1, 0.15) is 17.1 Å². The molecule has 0 radical (unpaired) electrons. The van der Waals surface area contributed by atoms with E-state index in [1.54, 1.807) is 18.2 Å². The van der Waals surface area contributed by atoms with E-state index in [2.05, 4.69) is 16.9 Å². The molecule has 114 valence electrons. The highest BCUT2D eigenvalue weighted by atomic mass is 19.1. The first-order valence-corrected chi connectivity index (χ1v) is 6.82. The van der Waals surface area contributed by atoms with Crippen LogP contribution in [0.4, 0.5) is 4.39 Å². The summed E-state index contributed by atoms with van der Waals surface area (Å²) in [5, 5.41) is 3.29. The second-order valence-electron chi connectivity index (χ2n) is 5.38. The first kappa shape index (κ1) is 14.3. The number of nitrogens with one attached hydrogen (secondary N) is 2. The monoisotopic (exact) mass is 302 g/mol. The number of aromatic amines is 1. The van der Waals surface area contributed by atoms with Gasteiger partial charge in [0.25, 0.3) is 5.91 Å². The quantitative estimate of drug-likeness (QED) is 0.671. The molecule has 1 saturated carbocycles. The van der Waals surface area contributed by atoms with Gasteiger partial charge in [0.15, 0.2) is 0 Å². The van der Waals surface area contributed by atoms with Crippen molar-refractivity contribution in [2.75, 3.05) is 7.11 Å². The number of hydrogen-bond acceptors (Lipinski definition) is 3. The summed E-state index contributed by atoms with van der Waals surface area (Å²) in [5.41, 5.74) is -0.135. The fraction of sp³-hybridized carbons (Fsp3) is 0.250. The van der Waals surface area contributed by atoms with Crippen molar-refractivity contribution in [2.24, 2.45) is 5.92 Å². The smallest absolute Gasteiger partial charge is 0.332 e. The second kappa shape index (κ2) is 4.98. The largest absolute Gasteiger partial charge is 0.467 e. The van der Waals surface area contributed by atoms with Gasteiger partial charge in [-0.05, 0) is 30.7 Å². The molecular formula is C16H15FN2O3. The number of amides is 1. The average Bonchev–Trinajstić information content (AvgIpc) is 3.05. The van der Waals surface area contributed by atoms with E-state index in [9.17, 15) is 14.0 Å². The number of rotatable bonds is 4. The minimum atomic E-state index is -1.05. The number of carbonyl (C=O) groups excluding carboxylic acids is 2. The molecule has 1 aliphatic rings. The van der Waals surface area contributed by atoms with Crippen LogP contribution in [0.25, 0.3) is 10.9 Å². The molecule has 1 heterocycles. The Hall–Kier alpha value is -2.63. The molecule has 5 nitrogen and oxygen atoms in total. The molecule has 2 N–H and O–H groups in total. The first-order chi connectivity index (χ1) is 10.5. The zero-order valence-corrected chi connectivity index (χ0v) is 12.0. The van der Waals surface area contributed by atoms with Crippen molar-refractivity contribution in [3.05, 3.63) is 48.4 Å². The molecule has 6 heteroatoms. The standard InChI is InChI=1S/C16H15FN2O3/c1-3-10-8-16(10,15(21)22-2)19-14(20)13-7-9-6-11(17)4-5-12(9)18-13/h3-7,10,18H,1,8H2,2H3,(H,19,20). The summed E-state index contributed by atoms with van der Waals surface area (Å²) in [6.07, 6.45) is 2.08. The number of fused-ring (bicyclic) bond motifs is 1. The van der Waals surface area contributed by atoms with Crippen molar-refractivity contribution >= 4 is 22.8 Å². The van der Waals surface area contributed by atoms with Crippen LogP contribution < -0.4 is 5.32 Å². The van der Waals surface area contributed by atoms with Gasteiger partial charge in [0.2, 0.25) is 0 Å². The van der Waals surface area contributed by atoms with Gasteiger partial charge in [0.05, 0.1) is 7.11 Å². The van der Waals surface area contributed by atoms with E-state index in [1.165, 1.54) is 19.2 Å². The molecule has 2 atom stereocenters. The Morgan fingerprint density at radius 2 is 2.27 bits per heavy atom. The lowest BCUT2D eigenvalue weighted by atomic mass is 10.2. The molecule has 0 spiro atoms. The molecule has 0 saturated heterocycles. The van der Waals surface area contributed by atoms with E-state index in [4.69, 9.17) is 4.74 Å². The lowest BCUT2D eigenvalue weighted by Crippen LogP contribution is -2.45. The van der Waals surface area contributed by atoms with E-state index in [0.29, 0.717) is 17.3 Å². The molecule has 3 rings (SSSR count). The summed E-state index contributed by atoms with van der Waals surface area (Å²) in [7, 11) is 1.28. The highest BCUT2D eigenvalue weighted by Crippen LogP contribution is 2.45. The first-order valence-electron chi connectivity index (χ1n) is 6.82. The van der Waals surface area contributed by atoms with Gasteiger partial charge >= 0.3 is 5.97 Å². The van der Waals surface area contributed by atoms with Crippen molar-refractivity contribution in [2.45, 2.75) is 12.0 Å². The Balaban J connectivity index is 1.86. The van der Waals surface area contributed by atoms with Gasteiger partial charge in [-0.3, -0.25) is 4.79 Å². The summed E-state index contributed by atoms with van der Waals surface area (Å²) in [5.74, 6) is -1.46. The third kappa shape index (κ3) is 2.16. The van der Waals surface area contributed by atoms with E-state index in [-0.39, 0.29) is 17.4 Å². The van der Waals surface area contributed by atoms with E-state index in [1.807, 2.05) is 0 Å². The van der Waals surface area contributed by atoms with E-state index >= 15 is 0 Å². The van der Waals surface area contributed by atoms with Crippen molar-refractivity contribution in [3.8, 4) is 0 Å². The number of halogens is 1. The highest BCUT2D eigenvalue weighted by molar-refractivity contribution is 6.01. The molecular weight excluding hydrogens is 287 g/mol. The summed E-state index contributed by atoms with van der Waals surface area (Å²) in [6.45, 7) is 3.65. The number of benzene rings is 1. The maximum atomic E-state index is 13.2. The van der Waals surface area contributed by atoms with Crippen molar-refractivity contribution in [1.82, 2.24) is 10.3 Å². The normalized spacial score (nSPS) is 23.1. The fourth-order valence-electron chi connectivity index (χ4n) is 2.68. The number of hydrogen-bond donors (Lipinski definition) is 2. The number of ether oxygens (including phenoxy) is 1. The number of methoxy groups -OCH3 is 1. The number of carbonyl (C=O) groups is 2. The molecule has 2 aromatic rings. The van der Waals surface area contributed by atoms with Crippen LogP contribution in [0.2, 0.25) is 0 Å². The van der Waals surface area contributed by atoms with Crippen LogP contribution in [0.5, 0.6) is 0 Å². The van der Waals surface area contributed by atoms with Crippen LogP contribution in [0.1, 0.15) is 16.9 Å². The molecule has 0 bridgehead atoms. The van der Waals surface area contributed by atoms with Gasteiger partial charge in [-0.2, -0.15) is 0 Å². The maximum absolute atomic E-state index is 13.2. The predicted molar refractivity (Wildman–Crippen MR) is 78.8 cm³/mol. The summed E-state index contributed by atoms with van der Waals surface area (Å²) >= 11 is 0. The summed E-state index contributed by atoms with van der Waals surface area (Å²) < 4.78 is 17.9. The Labute approximate surface area is 126 Å². The minimum absolute atomic E-state index is 0.147. The molecule has 1 aromatic heterocycles. The Bertz CT molecular complexity index is 783. The lowest BCUT2D eigenvalue weighted by molar-refractivity contribution is -0.144. The van der Waals surface area contributed by atoms with Crippen LogP contribution in [-0.4, -0.2) is 29.5 Å². The molecule has 0 aliphatic heterocycles. The molecule has 1 fully saturated rings. The highest BCUT2D eigenvalue weighted by Gasteiger charge is 2.61. The van der Waals surface area contributed by atoms with Gasteiger partial charge in [-0.25, -0.2) is 9.18 Å². The number of H-pyrrole nitrogens is 1. The zero-order chi connectivity index (χ0) is 15.9. The van der Waals surface area contributed by atoms with Crippen LogP contribution in [0.3, 0.4) is 0 Å². The van der Waals surface area contributed by atoms with Gasteiger partial charge < -0.3 is 15.0 Å². The second-order valence-corrected chi connectivity index (χ2v) is 5.38. The van der Waals surface area contributed by atoms with Crippen molar-refractivity contribution < 1.29 is 18.7 Å². The lowest BCUT2D eigenvalue weighted by Gasteiger charge is -2.15. The molecule has 1 aromatic carbocycles. The molecule has 2 unspecified atom stereocenters. The minimum Gasteiger partial charge on any atom is -0.467 e. The zero-order valence-electron chi connectivity index (χ0n) is 12.0. The van der Waals surface area contributed by atoms with Crippen molar-refractivity contribution in [1.29, 1.82) is 0 Å². The number of aromatic nitrogens is 1. The molecule has 22 heavy (non-hydrogen) atoms. The topological polar surface area (TPSA) is 71.2 Å². The Morgan fingerprint density at radius 1 is 1.50 bits per heavy atom. The summed E-state index contributed by atoms with van der Waals surface area (Å²) in [6, 6.07) is 5.75. The SMILES string of the molecule is C=CC1CC1(NC(=O)c1cc2cc(F)ccc2[nH]1)C(=O)OC. The number of esters is 1. The third-order valence-electron chi connectivity index (χ3n) is 4.01. The van der Waals surface area contributed by atoms with E-state index in [0.717, 1.165) is 0 Å². The van der Waals surface area contributed by atoms with Gasteiger partial charge in [0, 0.05) is 16.8 Å². The van der Waals surface area contributed by atoms with Crippen molar-refractivity contribution in [3.63, 3.8) is 0 Å². The van der Waals surface area contributed by atoms with E-state index < -0.39 is 17.4 Å². The summed E-state index contributed by atoms with van der Waals surface area (Å²) in [4.78, 5) is 27.2. The maximum Gasteiger partial charge on any atom is 0.332 e. The predicted octanol–water partition coefficient (Wildman–Crippen LogP) is 2.15.